The third-order valence-corrected chi connectivity index (χ3v) is 5.28. The summed E-state index contributed by atoms with van der Waals surface area (Å²) in [7, 11) is 0. The number of halogens is 1. The lowest BCUT2D eigenvalue weighted by Crippen LogP contribution is -2.23. The summed E-state index contributed by atoms with van der Waals surface area (Å²) >= 11 is 3.67. The fraction of sp³-hybridized carbons (Fsp3) is 0.625. The van der Waals surface area contributed by atoms with Crippen LogP contribution in [-0.2, 0) is 5.41 Å². The Morgan fingerprint density at radius 1 is 1.37 bits per heavy atom. The highest BCUT2D eigenvalue weighted by Gasteiger charge is 2.45. The molecular formula is C16H22BrNO. The van der Waals surface area contributed by atoms with Crippen molar-refractivity contribution >= 4 is 15.9 Å². The summed E-state index contributed by atoms with van der Waals surface area (Å²) < 4.78 is 7.24. The minimum atomic E-state index is 0.184. The normalized spacial score (nSPS) is 21.0. The summed E-state index contributed by atoms with van der Waals surface area (Å²) in [6, 6.07) is 4.41. The van der Waals surface area contributed by atoms with Gasteiger partial charge in [0.15, 0.2) is 0 Å². The average molecular weight is 324 g/mol. The van der Waals surface area contributed by atoms with Gasteiger partial charge in [0.25, 0.3) is 0 Å². The number of hydrogen-bond acceptors (Lipinski definition) is 2. The Morgan fingerprint density at radius 3 is 2.63 bits per heavy atom. The van der Waals surface area contributed by atoms with Crippen molar-refractivity contribution in [3.05, 3.63) is 27.7 Å². The fourth-order valence-corrected chi connectivity index (χ4v) is 3.55. The predicted octanol–water partition coefficient (Wildman–Crippen LogP) is 3.93. The maximum Gasteiger partial charge on any atom is 0.137 e. The number of rotatable bonds is 5. The third kappa shape index (κ3) is 2.55. The van der Waals surface area contributed by atoms with E-state index in [1.807, 2.05) is 0 Å². The van der Waals surface area contributed by atoms with Gasteiger partial charge in [0.1, 0.15) is 5.75 Å². The molecule has 3 heteroatoms. The molecule has 0 amide bonds. The molecule has 104 valence electrons. The van der Waals surface area contributed by atoms with E-state index in [1.54, 1.807) is 0 Å². The monoisotopic (exact) mass is 323 g/mol. The van der Waals surface area contributed by atoms with Gasteiger partial charge in [-0.15, -0.1) is 0 Å². The van der Waals surface area contributed by atoms with Crippen LogP contribution in [0.1, 0.15) is 43.2 Å². The van der Waals surface area contributed by atoms with Crippen LogP contribution in [0.15, 0.2) is 16.6 Å². The van der Waals surface area contributed by atoms with Gasteiger partial charge in [0, 0.05) is 17.5 Å². The topological polar surface area (TPSA) is 35.2 Å². The van der Waals surface area contributed by atoms with Crippen molar-refractivity contribution in [3.8, 4) is 5.75 Å². The first-order valence-electron chi connectivity index (χ1n) is 7.28. The Hall–Kier alpha value is -0.540. The van der Waals surface area contributed by atoms with Gasteiger partial charge in [0.05, 0.1) is 11.1 Å². The summed E-state index contributed by atoms with van der Waals surface area (Å²) in [5.41, 5.74) is 8.77. The Labute approximate surface area is 123 Å². The lowest BCUT2D eigenvalue weighted by molar-refractivity contribution is 0.178. The molecule has 3 rings (SSSR count). The van der Waals surface area contributed by atoms with E-state index >= 15 is 0 Å². The minimum absolute atomic E-state index is 0.184. The van der Waals surface area contributed by atoms with Crippen LogP contribution in [0.4, 0.5) is 0 Å². The minimum Gasteiger partial charge on any atom is -0.492 e. The molecule has 0 unspecified atom stereocenters. The SMILES string of the molecule is Cc1cc(Br)c(OCC2CCC2)c(C2(CN)CC2)c1. The van der Waals surface area contributed by atoms with Gasteiger partial charge in [-0.05, 0) is 66.1 Å². The van der Waals surface area contributed by atoms with Crippen molar-refractivity contribution in [2.45, 2.75) is 44.4 Å². The molecule has 2 saturated carbocycles. The largest absolute Gasteiger partial charge is 0.492 e. The van der Waals surface area contributed by atoms with Crippen LogP contribution in [0.3, 0.4) is 0 Å². The van der Waals surface area contributed by atoms with Crippen LogP contribution in [0.2, 0.25) is 0 Å². The smallest absolute Gasteiger partial charge is 0.137 e. The summed E-state index contributed by atoms with van der Waals surface area (Å²) in [4.78, 5) is 0. The molecule has 0 aromatic heterocycles. The molecule has 2 fully saturated rings. The molecule has 2 aliphatic carbocycles. The van der Waals surface area contributed by atoms with E-state index in [9.17, 15) is 0 Å². The van der Waals surface area contributed by atoms with Gasteiger partial charge in [-0.2, -0.15) is 0 Å². The first kappa shape index (κ1) is 13.4. The number of nitrogens with two attached hydrogens (primary N) is 1. The average Bonchev–Trinajstić information content (AvgIpc) is 3.10. The zero-order valence-electron chi connectivity index (χ0n) is 11.5. The third-order valence-electron chi connectivity index (χ3n) is 4.69. The lowest BCUT2D eigenvalue weighted by Gasteiger charge is -2.27. The highest BCUT2D eigenvalue weighted by atomic mass is 79.9. The van der Waals surface area contributed by atoms with Crippen LogP contribution in [0, 0.1) is 12.8 Å². The molecule has 0 bridgehead atoms. The fourth-order valence-electron chi connectivity index (χ4n) is 2.86. The molecular weight excluding hydrogens is 302 g/mol. The first-order chi connectivity index (χ1) is 9.14. The standard InChI is InChI=1S/C16H22BrNO/c1-11-7-13(16(10-18)5-6-16)15(14(17)8-11)19-9-12-3-2-4-12/h7-8,12H,2-6,9-10,18H2,1H3. The van der Waals surface area contributed by atoms with E-state index < -0.39 is 0 Å². The summed E-state index contributed by atoms with van der Waals surface area (Å²) in [6.45, 7) is 3.72. The van der Waals surface area contributed by atoms with Crippen LogP contribution in [0.25, 0.3) is 0 Å². The molecule has 0 spiro atoms. The predicted molar refractivity (Wildman–Crippen MR) is 81.7 cm³/mol. The molecule has 1 aromatic carbocycles. The Kier molecular flexibility index (Phi) is 3.61. The molecule has 2 nitrogen and oxygen atoms in total. The Morgan fingerprint density at radius 2 is 2.11 bits per heavy atom. The second-order valence-corrected chi connectivity index (χ2v) is 7.07. The molecule has 0 saturated heterocycles. The lowest BCUT2D eigenvalue weighted by atomic mass is 9.86. The molecule has 0 heterocycles. The molecule has 1 aromatic rings. The molecule has 0 aliphatic heterocycles. The molecule has 19 heavy (non-hydrogen) atoms. The molecule has 2 N–H and O–H groups in total. The van der Waals surface area contributed by atoms with E-state index in [0.29, 0.717) is 0 Å². The zero-order chi connectivity index (χ0) is 13.5. The van der Waals surface area contributed by atoms with Gasteiger partial charge < -0.3 is 10.5 Å². The van der Waals surface area contributed by atoms with Gasteiger partial charge >= 0.3 is 0 Å². The van der Waals surface area contributed by atoms with Crippen molar-refractivity contribution in [1.82, 2.24) is 0 Å². The molecule has 0 radical (unpaired) electrons. The van der Waals surface area contributed by atoms with E-state index in [1.165, 1.54) is 43.2 Å². The van der Waals surface area contributed by atoms with Crippen molar-refractivity contribution < 1.29 is 4.74 Å². The maximum absolute atomic E-state index is 6.15. The molecule has 2 aliphatic rings. The zero-order valence-corrected chi connectivity index (χ0v) is 13.1. The van der Waals surface area contributed by atoms with Crippen molar-refractivity contribution in [2.75, 3.05) is 13.2 Å². The highest BCUT2D eigenvalue weighted by molar-refractivity contribution is 9.10. The number of hydrogen-bond donors (Lipinski definition) is 1. The van der Waals surface area contributed by atoms with E-state index in [-0.39, 0.29) is 5.41 Å². The van der Waals surface area contributed by atoms with Crippen molar-refractivity contribution in [1.29, 1.82) is 0 Å². The summed E-state index contributed by atoms with van der Waals surface area (Å²) in [6.07, 6.45) is 6.39. The van der Waals surface area contributed by atoms with E-state index in [0.717, 1.165) is 29.3 Å². The Bertz CT molecular complexity index is 478. The number of ether oxygens (including phenoxy) is 1. The summed E-state index contributed by atoms with van der Waals surface area (Å²) in [5, 5.41) is 0. The number of aryl methyl sites for hydroxylation is 1. The quantitative estimate of drug-likeness (QED) is 0.891. The second-order valence-electron chi connectivity index (χ2n) is 6.22. The highest BCUT2D eigenvalue weighted by Crippen LogP contribution is 2.52. The van der Waals surface area contributed by atoms with E-state index in [2.05, 4.69) is 35.0 Å². The van der Waals surface area contributed by atoms with Gasteiger partial charge in [-0.1, -0.05) is 12.5 Å². The van der Waals surface area contributed by atoms with Gasteiger partial charge in [0.2, 0.25) is 0 Å². The van der Waals surface area contributed by atoms with Crippen LogP contribution in [-0.4, -0.2) is 13.2 Å². The van der Waals surface area contributed by atoms with Crippen LogP contribution in [0.5, 0.6) is 5.75 Å². The maximum atomic E-state index is 6.15. The summed E-state index contributed by atoms with van der Waals surface area (Å²) in [5.74, 6) is 1.80. The van der Waals surface area contributed by atoms with Crippen LogP contribution >= 0.6 is 15.9 Å². The van der Waals surface area contributed by atoms with Gasteiger partial charge in [-0.25, -0.2) is 0 Å². The first-order valence-corrected chi connectivity index (χ1v) is 8.07. The Balaban J connectivity index is 1.87. The van der Waals surface area contributed by atoms with Gasteiger partial charge in [-0.3, -0.25) is 0 Å². The van der Waals surface area contributed by atoms with E-state index in [4.69, 9.17) is 10.5 Å². The van der Waals surface area contributed by atoms with Crippen LogP contribution < -0.4 is 10.5 Å². The molecule has 0 atom stereocenters. The van der Waals surface area contributed by atoms with Crippen molar-refractivity contribution in [2.24, 2.45) is 11.7 Å². The second kappa shape index (κ2) is 5.10. The number of benzene rings is 1. The van der Waals surface area contributed by atoms with Crippen molar-refractivity contribution in [3.63, 3.8) is 0 Å².